The molecule has 0 radical (unpaired) electrons. The van der Waals surface area contributed by atoms with Crippen LogP contribution in [0.3, 0.4) is 0 Å². The molecular formula is C16H20N6O. The summed E-state index contributed by atoms with van der Waals surface area (Å²) in [5, 5.41) is 8.18. The molecule has 0 unspecified atom stereocenters. The Morgan fingerprint density at radius 3 is 2.83 bits per heavy atom. The molecule has 7 nitrogen and oxygen atoms in total. The molecule has 0 bridgehead atoms. The van der Waals surface area contributed by atoms with Crippen LogP contribution in [0, 0.1) is 0 Å². The van der Waals surface area contributed by atoms with Crippen molar-refractivity contribution in [2.24, 2.45) is 4.99 Å². The molecule has 2 rings (SSSR count). The number of hydrogen-bond acceptors (Lipinski definition) is 4. The zero-order valence-corrected chi connectivity index (χ0v) is 13.1. The quantitative estimate of drug-likeness (QED) is 0.614. The van der Waals surface area contributed by atoms with E-state index >= 15 is 0 Å². The second-order valence-electron chi connectivity index (χ2n) is 4.62. The molecule has 0 saturated carbocycles. The van der Waals surface area contributed by atoms with Gasteiger partial charge in [-0.2, -0.15) is 0 Å². The van der Waals surface area contributed by atoms with Crippen LogP contribution in [0.15, 0.2) is 53.5 Å². The van der Waals surface area contributed by atoms with Crippen molar-refractivity contribution in [1.82, 2.24) is 25.9 Å². The summed E-state index contributed by atoms with van der Waals surface area (Å²) in [7, 11) is 1.73. The summed E-state index contributed by atoms with van der Waals surface area (Å²) < 4.78 is 0. The van der Waals surface area contributed by atoms with Gasteiger partial charge in [0.1, 0.15) is 11.6 Å². The Balaban J connectivity index is 1.90. The number of aliphatic imine (C=N–C) groups is 1. The third-order valence-electron chi connectivity index (χ3n) is 2.92. The number of aromatic amines is 1. The van der Waals surface area contributed by atoms with Crippen LogP contribution in [0.25, 0.3) is 11.3 Å². The number of imidazole rings is 1. The minimum Gasteiger partial charge on any atom is -0.391 e. The van der Waals surface area contributed by atoms with E-state index in [0.29, 0.717) is 18.2 Å². The third kappa shape index (κ3) is 4.99. The number of aromatic nitrogens is 2. The topological polar surface area (TPSA) is 94.2 Å². The van der Waals surface area contributed by atoms with Gasteiger partial charge in [0.15, 0.2) is 0 Å². The van der Waals surface area contributed by atoms with E-state index in [1.165, 1.54) is 0 Å². The lowest BCUT2D eigenvalue weighted by molar-refractivity contribution is 0.242. The molecule has 0 aliphatic carbocycles. The lowest BCUT2D eigenvalue weighted by Crippen LogP contribution is -2.34. The molecule has 1 aromatic heterocycles. The second kappa shape index (κ2) is 8.38. The number of carbonyl (C=O) groups is 1. The first-order chi connectivity index (χ1) is 11.2. The van der Waals surface area contributed by atoms with Crippen LogP contribution in [-0.4, -0.2) is 29.3 Å². The zero-order valence-electron chi connectivity index (χ0n) is 13.1. The number of hydrogen-bond donors (Lipinski definition) is 4. The van der Waals surface area contributed by atoms with Crippen molar-refractivity contribution in [3.8, 4) is 11.3 Å². The van der Waals surface area contributed by atoms with E-state index in [0.717, 1.165) is 11.3 Å². The summed E-state index contributed by atoms with van der Waals surface area (Å²) >= 11 is 0. The van der Waals surface area contributed by atoms with Crippen LogP contribution < -0.4 is 16.0 Å². The maximum Gasteiger partial charge on any atom is 0.320 e. The van der Waals surface area contributed by atoms with Crippen LogP contribution in [-0.2, 0) is 6.54 Å². The van der Waals surface area contributed by atoms with Crippen molar-refractivity contribution < 1.29 is 4.79 Å². The minimum atomic E-state index is -0.352. The van der Waals surface area contributed by atoms with Crippen LogP contribution in [0.1, 0.15) is 12.7 Å². The highest BCUT2D eigenvalue weighted by molar-refractivity contribution is 5.76. The first-order valence-electron chi connectivity index (χ1n) is 7.23. The number of benzene rings is 1. The predicted octanol–water partition coefficient (Wildman–Crippen LogP) is 1.98. The molecule has 0 fully saturated rings. The molecule has 23 heavy (non-hydrogen) atoms. The van der Waals surface area contributed by atoms with Gasteiger partial charge in [-0.1, -0.05) is 30.3 Å². The van der Waals surface area contributed by atoms with Gasteiger partial charge in [0.05, 0.1) is 18.4 Å². The molecule has 0 atom stereocenters. The van der Waals surface area contributed by atoms with Gasteiger partial charge in [-0.25, -0.2) is 14.8 Å². The van der Waals surface area contributed by atoms with Crippen molar-refractivity contribution in [2.75, 3.05) is 7.05 Å². The number of carbonyl (C=O) groups excluding carboxylic acids is 1. The van der Waals surface area contributed by atoms with Gasteiger partial charge in [0, 0.05) is 19.5 Å². The van der Waals surface area contributed by atoms with Crippen molar-refractivity contribution in [1.29, 1.82) is 0 Å². The Kier molecular flexibility index (Phi) is 5.93. The number of nitrogens with one attached hydrogen (secondary N) is 4. The van der Waals surface area contributed by atoms with Gasteiger partial charge < -0.3 is 15.6 Å². The van der Waals surface area contributed by atoms with Gasteiger partial charge in [-0.3, -0.25) is 5.32 Å². The van der Waals surface area contributed by atoms with Gasteiger partial charge in [0.25, 0.3) is 0 Å². The molecule has 1 aromatic carbocycles. The van der Waals surface area contributed by atoms with Crippen molar-refractivity contribution >= 4 is 12.2 Å². The van der Waals surface area contributed by atoms with Gasteiger partial charge in [-0.15, -0.1) is 0 Å². The normalized spacial score (nSPS) is 11.5. The highest BCUT2D eigenvalue weighted by Crippen LogP contribution is 2.15. The molecule has 2 amide bonds. The van der Waals surface area contributed by atoms with E-state index in [9.17, 15) is 4.79 Å². The molecular weight excluding hydrogens is 292 g/mol. The second-order valence-corrected chi connectivity index (χ2v) is 4.62. The highest BCUT2D eigenvalue weighted by Gasteiger charge is 2.06. The summed E-state index contributed by atoms with van der Waals surface area (Å²) in [5.74, 6) is 1.11. The Morgan fingerprint density at radius 2 is 2.13 bits per heavy atom. The highest BCUT2D eigenvalue weighted by atomic mass is 16.2. The first-order valence-corrected chi connectivity index (χ1v) is 7.23. The van der Waals surface area contributed by atoms with Crippen LogP contribution in [0.5, 0.6) is 0 Å². The van der Waals surface area contributed by atoms with Crippen LogP contribution in [0.4, 0.5) is 4.79 Å². The van der Waals surface area contributed by atoms with Gasteiger partial charge in [0.2, 0.25) is 0 Å². The van der Waals surface area contributed by atoms with E-state index in [2.05, 4.69) is 30.9 Å². The average molecular weight is 312 g/mol. The zero-order chi connectivity index (χ0) is 16.5. The Labute approximate surface area is 134 Å². The Hall–Kier alpha value is -3.09. The number of amides is 2. The fourth-order valence-electron chi connectivity index (χ4n) is 1.92. The molecule has 120 valence electrons. The molecule has 0 saturated heterocycles. The molecule has 2 aromatic rings. The largest absolute Gasteiger partial charge is 0.391 e. The first kappa shape index (κ1) is 16.3. The minimum absolute atomic E-state index is 0.293. The maximum absolute atomic E-state index is 11.8. The third-order valence-corrected chi connectivity index (χ3v) is 2.92. The predicted molar refractivity (Wildman–Crippen MR) is 90.7 cm³/mol. The summed E-state index contributed by atoms with van der Waals surface area (Å²) in [6.07, 6.45) is 4.94. The Bertz CT molecular complexity index is 690. The van der Waals surface area contributed by atoms with E-state index in [-0.39, 0.29) is 6.03 Å². The summed E-state index contributed by atoms with van der Waals surface area (Å²) in [6.45, 7) is 2.07. The number of urea groups is 1. The monoisotopic (exact) mass is 312 g/mol. The molecule has 1 heterocycles. The van der Waals surface area contributed by atoms with E-state index in [1.54, 1.807) is 32.6 Å². The van der Waals surface area contributed by atoms with Crippen molar-refractivity contribution in [2.45, 2.75) is 13.5 Å². The molecule has 0 aliphatic rings. The van der Waals surface area contributed by atoms with E-state index in [1.807, 2.05) is 30.3 Å². The number of rotatable bonds is 6. The molecule has 0 spiro atoms. The summed E-state index contributed by atoms with van der Waals surface area (Å²) in [4.78, 5) is 23.3. The van der Waals surface area contributed by atoms with Gasteiger partial charge in [-0.05, 0) is 12.5 Å². The number of H-pyrrole nitrogens is 1. The standard InChI is InChI=1S/C16H20N6O/c1-3-18-14(10-17-2)22-16(23)20-11-15-19-9-13(21-15)12-7-5-4-6-8-12/h3-10,17H,11H2,1-2H3,(H,19,21)(H2,20,22,23)/b14-10+,18-3-. The molecule has 7 heteroatoms. The average Bonchev–Trinajstić information content (AvgIpc) is 3.03. The summed E-state index contributed by atoms with van der Waals surface area (Å²) in [5.41, 5.74) is 1.96. The fraction of sp³-hybridized carbons (Fsp3) is 0.188. The van der Waals surface area contributed by atoms with Gasteiger partial charge >= 0.3 is 6.03 Å². The molecule has 4 N–H and O–H groups in total. The van der Waals surface area contributed by atoms with Crippen LogP contribution >= 0.6 is 0 Å². The van der Waals surface area contributed by atoms with E-state index < -0.39 is 0 Å². The SMILES string of the molecule is C/C=N\C(=C/NC)NC(=O)NCc1ncc(-c2ccccc2)[nH]1. The Morgan fingerprint density at radius 1 is 1.35 bits per heavy atom. The lowest BCUT2D eigenvalue weighted by Gasteiger charge is -2.06. The lowest BCUT2D eigenvalue weighted by atomic mass is 10.2. The van der Waals surface area contributed by atoms with E-state index in [4.69, 9.17) is 0 Å². The van der Waals surface area contributed by atoms with Crippen molar-refractivity contribution in [3.63, 3.8) is 0 Å². The maximum atomic E-state index is 11.8. The summed E-state index contributed by atoms with van der Waals surface area (Å²) in [6, 6.07) is 9.53. The van der Waals surface area contributed by atoms with Crippen LogP contribution in [0.2, 0.25) is 0 Å². The molecule has 0 aliphatic heterocycles. The fourth-order valence-corrected chi connectivity index (χ4v) is 1.92. The number of nitrogens with zero attached hydrogens (tertiary/aromatic N) is 2. The van der Waals surface area contributed by atoms with Crippen molar-refractivity contribution in [3.05, 3.63) is 54.4 Å². The smallest absolute Gasteiger partial charge is 0.320 e.